The van der Waals surface area contributed by atoms with Crippen LogP contribution in [0.1, 0.15) is 46.5 Å². The molecule has 1 aromatic carbocycles. The number of alkyl carbamates (subject to hydrolysis) is 1. The van der Waals surface area contributed by atoms with E-state index >= 15 is 0 Å². The molecule has 0 saturated heterocycles. The van der Waals surface area contributed by atoms with Gasteiger partial charge in [-0.05, 0) is 64.7 Å². The average molecular weight is 359 g/mol. The van der Waals surface area contributed by atoms with E-state index in [-0.39, 0.29) is 12.1 Å². The summed E-state index contributed by atoms with van der Waals surface area (Å²) in [4.78, 5) is 11.8. The monoisotopic (exact) mass is 358 g/mol. The third kappa shape index (κ3) is 6.48. The highest BCUT2D eigenvalue weighted by molar-refractivity contribution is 6.35. The first-order valence-corrected chi connectivity index (χ1v) is 8.69. The van der Waals surface area contributed by atoms with Crippen molar-refractivity contribution in [3.8, 4) is 0 Å². The van der Waals surface area contributed by atoms with Gasteiger partial charge in [-0.3, -0.25) is 0 Å². The number of anilines is 1. The quantitative estimate of drug-likeness (QED) is 0.776. The summed E-state index contributed by atoms with van der Waals surface area (Å²) in [7, 11) is 0. The number of carbonyl (C=O) groups is 1. The molecule has 0 radical (unpaired) electrons. The zero-order valence-electron chi connectivity index (χ0n) is 13.8. The number of ether oxygens (including phenoxy) is 1. The highest BCUT2D eigenvalue weighted by Gasteiger charge is 2.24. The van der Waals surface area contributed by atoms with Crippen molar-refractivity contribution in [3.63, 3.8) is 0 Å². The maximum absolute atomic E-state index is 11.8. The van der Waals surface area contributed by atoms with Crippen molar-refractivity contribution in [3.05, 3.63) is 28.2 Å². The van der Waals surface area contributed by atoms with E-state index in [1.165, 1.54) is 0 Å². The molecule has 0 bridgehead atoms. The molecule has 6 heteroatoms. The number of halogens is 2. The molecule has 1 aliphatic rings. The summed E-state index contributed by atoms with van der Waals surface area (Å²) in [6.07, 6.45) is 3.46. The van der Waals surface area contributed by atoms with Crippen molar-refractivity contribution >= 4 is 35.0 Å². The number of rotatable bonds is 3. The minimum atomic E-state index is -0.464. The fourth-order valence-corrected chi connectivity index (χ4v) is 3.26. The van der Waals surface area contributed by atoms with Crippen LogP contribution in [0, 0.1) is 0 Å². The van der Waals surface area contributed by atoms with Gasteiger partial charge in [0.1, 0.15) is 5.60 Å². The Kier molecular flexibility index (Phi) is 6.04. The number of benzene rings is 1. The van der Waals surface area contributed by atoms with Crippen LogP contribution in [0.5, 0.6) is 0 Å². The lowest BCUT2D eigenvalue weighted by atomic mass is 9.91. The molecule has 0 heterocycles. The van der Waals surface area contributed by atoms with E-state index in [1.807, 2.05) is 32.9 Å². The van der Waals surface area contributed by atoms with E-state index in [9.17, 15) is 4.79 Å². The second kappa shape index (κ2) is 7.63. The summed E-state index contributed by atoms with van der Waals surface area (Å²) in [6.45, 7) is 5.59. The van der Waals surface area contributed by atoms with E-state index in [1.54, 1.807) is 6.07 Å². The van der Waals surface area contributed by atoms with Crippen LogP contribution in [0.2, 0.25) is 10.0 Å². The maximum atomic E-state index is 11.8. The molecule has 2 N–H and O–H groups in total. The van der Waals surface area contributed by atoms with E-state index in [2.05, 4.69) is 10.6 Å². The molecule has 128 valence electrons. The highest BCUT2D eigenvalue weighted by atomic mass is 35.5. The van der Waals surface area contributed by atoms with Crippen molar-refractivity contribution in [2.24, 2.45) is 0 Å². The van der Waals surface area contributed by atoms with Crippen LogP contribution in [0.3, 0.4) is 0 Å². The number of amides is 1. The molecule has 2 rings (SSSR count). The normalized spacial score (nSPS) is 21.6. The van der Waals surface area contributed by atoms with E-state index < -0.39 is 5.60 Å². The van der Waals surface area contributed by atoms with Crippen LogP contribution in [0.4, 0.5) is 10.5 Å². The Morgan fingerprint density at radius 2 is 1.57 bits per heavy atom. The van der Waals surface area contributed by atoms with Crippen molar-refractivity contribution < 1.29 is 9.53 Å². The van der Waals surface area contributed by atoms with Gasteiger partial charge in [0.2, 0.25) is 0 Å². The van der Waals surface area contributed by atoms with Crippen LogP contribution >= 0.6 is 23.2 Å². The van der Waals surface area contributed by atoms with E-state index in [0.717, 1.165) is 31.4 Å². The van der Waals surface area contributed by atoms with Crippen molar-refractivity contribution in [1.29, 1.82) is 0 Å². The molecule has 0 atom stereocenters. The van der Waals surface area contributed by atoms with Crippen LogP contribution < -0.4 is 10.6 Å². The van der Waals surface area contributed by atoms with Gasteiger partial charge in [0, 0.05) is 27.8 Å². The molecule has 4 nitrogen and oxygen atoms in total. The highest BCUT2D eigenvalue weighted by Crippen LogP contribution is 2.26. The van der Waals surface area contributed by atoms with Crippen LogP contribution in [-0.2, 0) is 4.74 Å². The molecule has 1 fully saturated rings. The SMILES string of the molecule is CC(C)(C)OC(=O)NC1CCC(Nc2cc(Cl)cc(Cl)c2)CC1. The summed E-state index contributed by atoms with van der Waals surface area (Å²) >= 11 is 12.0. The van der Waals surface area contributed by atoms with Crippen LogP contribution in [-0.4, -0.2) is 23.8 Å². The van der Waals surface area contributed by atoms with Crippen molar-refractivity contribution in [1.82, 2.24) is 5.32 Å². The van der Waals surface area contributed by atoms with Gasteiger partial charge in [-0.2, -0.15) is 0 Å². The van der Waals surface area contributed by atoms with E-state index in [0.29, 0.717) is 16.1 Å². The molecule has 0 aliphatic heterocycles. The second-order valence-electron chi connectivity index (χ2n) is 7.00. The second-order valence-corrected chi connectivity index (χ2v) is 7.87. The molecule has 0 aromatic heterocycles. The first kappa shape index (κ1) is 18.2. The topological polar surface area (TPSA) is 50.4 Å². The molecule has 1 saturated carbocycles. The fraction of sp³-hybridized carbons (Fsp3) is 0.588. The lowest BCUT2D eigenvalue weighted by molar-refractivity contribution is 0.0492. The van der Waals surface area contributed by atoms with Gasteiger partial charge in [-0.1, -0.05) is 23.2 Å². The summed E-state index contributed by atoms with van der Waals surface area (Å²) < 4.78 is 5.29. The van der Waals surface area contributed by atoms with Gasteiger partial charge in [0.05, 0.1) is 0 Å². The van der Waals surface area contributed by atoms with Crippen molar-refractivity contribution in [2.75, 3.05) is 5.32 Å². The molecule has 1 aromatic rings. The van der Waals surface area contributed by atoms with E-state index in [4.69, 9.17) is 27.9 Å². The lowest BCUT2D eigenvalue weighted by Crippen LogP contribution is -2.42. The third-order valence-corrected chi connectivity index (χ3v) is 4.12. The van der Waals surface area contributed by atoms with Crippen molar-refractivity contribution in [2.45, 2.75) is 64.1 Å². The number of hydrogen-bond donors (Lipinski definition) is 2. The Balaban J connectivity index is 1.78. The Bertz CT molecular complexity index is 530. The minimum Gasteiger partial charge on any atom is -0.444 e. The lowest BCUT2D eigenvalue weighted by Gasteiger charge is -2.31. The predicted molar refractivity (Wildman–Crippen MR) is 95.5 cm³/mol. The molecule has 0 spiro atoms. The van der Waals surface area contributed by atoms with Crippen LogP contribution in [0.25, 0.3) is 0 Å². The number of hydrogen-bond acceptors (Lipinski definition) is 3. The zero-order chi connectivity index (χ0) is 17.0. The van der Waals surface area contributed by atoms with Gasteiger partial charge < -0.3 is 15.4 Å². The molecule has 23 heavy (non-hydrogen) atoms. The summed E-state index contributed by atoms with van der Waals surface area (Å²) in [6, 6.07) is 6.00. The largest absolute Gasteiger partial charge is 0.444 e. The molecule has 0 unspecified atom stereocenters. The summed E-state index contributed by atoms with van der Waals surface area (Å²) in [5, 5.41) is 7.66. The number of nitrogens with one attached hydrogen (secondary N) is 2. The van der Waals surface area contributed by atoms with Gasteiger partial charge in [-0.15, -0.1) is 0 Å². The first-order valence-electron chi connectivity index (χ1n) is 7.93. The van der Waals surface area contributed by atoms with Gasteiger partial charge in [-0.25, -0.2) is 4.79 Å². The summed E-state index contributed by atoms with van der Waals surface area (Å²) in [5.41, 5.74) is 0.473. The zero-order valence-corrected chi connectivity index (χ0v) is 15.3. The first-order chi connectivity index (χ1) is 10.7. The average Bonchev–Trinajstić information content (AvgIpc) is 2.37. The molecular formula is C17H24Cl2N2O2. The fourth-order valence-electron chi connectivity index (χ4n) is 2.73. The predicted octanol–water partition coefficient (Wildman–Crippen LogP) is 5.24. The Labute approximate surface area is 147 Å². The standard InChI is InChI=1S/C17H24Cl2N2O2/c1-17(2,3)23-16(22)21-14-6-4-13(5-7-14)20-15-9-11(18)8-12(19)10-15/h8-10,13-14,20H,4-7H2,1-3H3,(H,21,22). The minimum absolute atomic E-state index is 0.172. The smallest absolute Gasteiger partial charge is 0.407 e. The Morgan fingerprint density at radius 1 is 1.04 bits per heavy atom. The van der Waals surface area contributed by atoms with Crippen LogP contribution in [0.15, 0.2) is 18.2 Å². The maximum Gasteiger partial charge on any atom is 0.407 e. The summed E-state index contributed by atoms with van der Waals surface area (Å²) in [5.74, 6) is 0. The third-order valence-electron chi connectivity index (χ3n) is 3.68. The number of carbonyl (C=O) groups excluding carboxylic acids is 1. The van der Waals surface area contributed by atoms with Gasteiger partial charge in [0.25, 0.3) is 0 Å². The molecule has 1 amide bonds. The van der Waals surface area contributed by atoms with Gasteiger partial charge in [0.15, 0.2) is 0 Å². The molecular weight excluding hydrogens is 335 g/mol. The molecule has 1 aliphatic carbocycles. The Hall–Kier alpha value is -1.13. The van der Waals surface area contributed by atoms with Gasteiger partial charge >= 0.3 is 6.09 Å². The Morgan fingerprint density at radius 3 is 2.09 bits per heavy atom.